The van der Waals surface area contributed by atoms with Gasteiger partial charge in [-0.1, -0.05) is 36.4 Å². The van der Waals surface area contributed by atoms with Crippen LogP contribution in [0.4, 0.5) is 11.4 Å². The second-order valence-electron chi connectivity index (χ2n) is 8.84. The summed E-state index contributed by atoms with van der Waals surface area (Å²) in [4.78, 5) is 23.3. The summed E-state index contributed by atoms with van der Waals surface area (Å²) in [7, 11) is -4.16. The Morgan fingerprint density at radius 3 is 2.28 bits per heavy atom. The van der Waals surface area contributed by atoms with Crippen LogP contribution in [0.1, 0.15) is 22.5 Å². The summed E-state index contributed by atoms with van der Waals surface area (Å²) < 4.78 is 29.8. The lowest BCUT2D eigenvalue weighted by molar-refractivity contribution is -0.384. The number of hydrazone groups is 1. The van der Waals surface area contributed by atoms with Crippen molar-refractivity contribution in [3.63, 3.8) is 0 Å². The number of sulfonamides is 1. The van der Waals surface area contributed by atoms with Gasteiger partial charge in [0.05, 0.1) is 21.7 Å². The minimum atomic E-state index is -4.16. The molecular weight excluding hydrogens is 518 g/mol. The third-order valence-electron chi connectivity index (χ3n) is 6.19. The number of aryl methyl sites for hydroxylation is 2. The van der Waals surface area contributed by atoms with Crippen LogP contribution in [0.3, 0.4) is 0 Å². The molecule has 0 radical (unpaired) electrons. The minimum Gasteiger partial charge on any atom is -0.318 e. The normalized spacial score (nSPS) is 11.5. The molecule has 1 heterocycles. The summed E-state index contributed by atoms with van der Waals surface area (Å²) in [6.45, 7) is 5.37. The van der Waals surface area contributed by atoms with Gasteiger partial charge in [-0.3, -0.25) is 19.2 Å². The lowest BCUT2D eigenvalue weighted by Gasteiger charge is -2.23. The highest BCUT2D eigenvalue weighted by molar-refractivity contribution is 7.92. The van der Waals surface area contributed by atoms with Crippen LogP contribution in [0.25, 0.3) is 5.69 Å². The molecule has 0 saturated heterocycles. The number of hydrogen-bond acceptors (Lipinski definition) is 6. The van der Waals surface area contributed by atoms with Crippen molar-refractivity contribution in [1.29, 1.82) is 0 Å². The number of para-hydroxylation sites is 1. The summed E-state index contributed by atoms with van der Waals surface area (Å²) in [5.41, 5.74) is 7.17. The second-order valence-corrected chi connectivity index (χ2v) is 10.7. The Morgan fingerprint density at radius 1 is 1.00 bits per heavy atom. The first-order chi connectivity index (χ1) is 18.6. The van der Waals surface area contributed by atoms with E-state index >= 15 is 0 Å². The predicted octanol–water partition coefficient (Wildman–Crippen LogP) is 4.66. The average Bonchev–Trinajstić information content (AvgIpc) is 3.20. The van der Waals surface area contributed by atoms with E-state index in [0.29, 0.717) is 0 Å². The van der Waals surface area contributed by atoms with Crippen LogP contribution in [-0.2, 0) is 14.8 Å². The van der Waals surface area contributed by atoms with E-state index in [9.17, 15) is 23.3 Å². The summed E-state index contributed by atoms with van der Waals surface area (Å²) in [6, 6.07) is 22.5. The maximum atomic E-state index is 13.4. The first kappa shape index (κ1) is 27.3. The fraction of sp³-hybridized carbons (Fsp3) is 0.143. The number of nitrogens with one attached hydrogen (secondary N) is 1. The third kappa shape index (κ3) is 5.88. The van der Waals surface area contributed by atoms with Crippen LogP contribution < -0.4 is 9.73 Å². The number of benzene rings is 3. The number of nitro benzene ring substituents is 1. The van der Waals surface area contributed by atoms with Crippen molar-refractivity contribution < 1.29 is 18.1 Å². The molecule has 11 heteroatoms. The van der Waals surface area contributed by atoms with E-state index in [1.165, 1.54) is 42.6 Å². The molecule has 1 N–H and O–H groups in total. The first-order valence-corrected chi connectivity index (χ1v) is 13.4. The number of nitrogens with zero attached hydrogens (tertiary/aromatic N) is 4. The third-order valence-corrected chi connectivity index (χ3v) is 7.97. The minimum absolute atomic E-state index is 0.0247. The highest BCUT2D eigenvalue weighted by atomic mass is 32.2. The zero-order valence-corrected chi connectivity index (χ0v) is 22.4. The lowest BCUT2D eigenvalue weighted by atomic mass is 10.2. The number of anilines is 1. The van der Waals surface area contributed by atoms with Crippen molar-refractivity contribution >= 4 is 33.5 Å². The fourth-order valence-corrected chi connectivity index (χ4v) is 5.66. The van der Waals surface area contributed by atoms with Gasteiger partial charge in [0.25, 0.3) is 21.6 Å². The van der Waals surface area contributed by atoms with Crippen LogP contribution in [0.2, 0.25) is 0 Å². The Kier molecular flexibility index (Phi) is 7.91. The van der Waals surface area contributed by atoms with Crippen molar-refractivity contribution in [2.24, 2.45) is 5.10 Å². The molecule has 1 amide bonds. The molecule has 200 valence electrons. The number of nitro groups is 1. The topological polar surface area (TPSA) is 127 Å². The highest BCUT2D eigenvalue weighted by Gasteiger charge is 2.27. The molecule has 3 aromatic carbocycles. The molecule has 0 spiro atoms. The largest absolute Gasteiger partial charge is 0.318 e. The zero-order valence-electron chi connectivity index (χ0n) is 21.6. The SMILES string of the molecule is Cc1ccccc1-n1c(C)cc(/C=N\NC(=O)CN(c2ccc([N+](=O)[O-])cc2)S(=O)(=O)c2ccccc2)c1C. The lowest BCUT2D eigenvalue weighted by Crippen LogP contribution is -2.39. The van der Waals surface area contributed by atoms with Crippen molar-refractivity contribution in [1.82, 2.24) is 9.99 Å². The van der Waals surface area contributed by atoms with E-state index in [1.54, 1.807) is 18.2 Å². The Bertz CT molecular complexity index is 1650. The van der Waals surface area contributed by atoms with Crippen LogP contribution in [0.15, 0.2) is 94.9 Å². The first-order valence-electron chi connectivity index (χ1n) is 12.0. The number of rotatable bonds is 9. The number of hydrogen-bond donors (Lipinski definition) is 1. The van der Waals surface area contributed by atoms with E-state index in [-0.39, 0.29) is 16.3 Å². The predicted molar refractivity (Wildman–Crippen MR) is 150 cm³/mol. The highest BCUT2D eigenvalue weighted by Crippen LogP contribution is 2.26. The molecule has 10 nitrogen and oxygen atoms in total. The number of carbonyl (C=O) groups is 1. The summed E-state index contributed by atoms with van der Waals surface area (Å²) >= 11 is 0. The Morgan fingerprint density at radius 2 is 1.64 bits per heavy atom. The maximum absolute atomic E-state index is 13.4. The van der Waals surface area contributed by atoms with Crippen molar-refractivity contribution in [3.05, 3.63) is 118 Å². The van der Waals surface area contributed by atoms with Gasteiger partial charge in [0.1, 0.15) is 6.54 Å². The molecule has 0 fully saturated rings. The van der Waals surface area contributed by atoms with Gasteiger partial charge in [-0.15, -0.1) is 0 Å². The van der Waals surface area contributed by atoms with Crippen LogP contribution in [-0.4, -0.2) is 36.6 Å². The van der Waals surface area contributed by atoms with Gasteiger partial charge >= 0.3 is 0 Å². The molecular formula is C28H27N5O5S. The Balaban J connectivity index is 1.56. The molecule has 4 aromatic rings. The van der Waals surface area contributed by atoms with E-state index in [1.807, 2.05) is 51.1 Å². The average molecular weight is 546 g/mol. The van der Waals surface area contributed by atoms with Gasteiger partial charge in [0, 0.05) is 34.8 Å². The van der Waals surface area contributed by atoms with Gasteiger partial charge in [0.2, 0.25) is 0 Å². The molecule has 4 rings (SSSR count). The molecule has 0 aliphatic carbocycles. The van der Waals surface area contributed by atoms with Gasteiger partial charge in [-0.05, 0) is 62.7 Å². The second kappa shape index (κ2) is 11.3. The van der Waals surface area contributed by atoms with Crippen molar-refractivity contribution in [2.45, 2.75) is 25.7 Å². The van der Waals surface area contributed by atoms with Gasteiger partial charge in [-0.2, -0.15) is 5.10 Å². The van der Waals surface area contributed by atoms with E-state index in [2.05, 4.69) is 15.1 Å². The smallest absolute Gasteiger partial charge is 0.269 e. The number of non-ortho nitro benzene ring substituents is 1. The van der Waals surface area contributed by atoms with Crippen molar-refractivity contribution in [2.75, 3.05) is 10.8 Å². The number of aromatic nitrogens is 1. The molecule has 1 aromatic heterocycles. The van der Waals surface area contributed by atoms with Gasteiger partial charge in [0.15, 0.2) is 0 Å². The quantitative estimate of drug-likeness (QED) is 0.186. The van der Waals surface area contributed by atoms with E-state index in [0.717, 1.165) is 32.5 Å². The van der Waals surface area contributed by atoms with Gasteiger partial charge in [-0.25, -0.2) is 13.8 Å². The van der Waals surface area contributed by atoms with Crippen LogP contribution in [0.5, 0.6) is 0 Å². The van der Waals surface area contributed by atoms with Gasteiger partial charge < -0.3 is 4.57 Å². The Labute approximate surface area is 226 Å². The monoisotopic (exact) mass is 545 g/mol. The molecule has 0 saturated carbocycles. The van der Waals surface area contributed by atoms with Crippen LogP contribution in [0, 0.1) is 30.9 Å². The summed E-state index contributed by atoms with van der Waals surface area (Å²) in [5, 5.41) is 15.1. The molecule has 0 unspecified atom stereocenters. The number of amides is 1. The molecule has 0 aliphatic rings. The molecule has 0 bridgehead atoms. The van der Waals surface area contributed by atoms with E-state index in [4.69, 9.17) is 0 Å². The van der Waals surface area contributed by atoms with Crippen LogP contribution >= 0.6 is 0 Å². The molecule has 0 aliphatic heterocycles. The van der Waals surface area contributed by atoms with Crippen molar-refractivity contribution in [3.8, 4) is 5.69 Å². The molecule has 0 atom stereocenters. The fourth-order valence-electron chi connectivity index (χ4n) is 4.22. The number of carbonyl (C=O) groups excluding carboxylic acids is 1. The maximum Gasteiger partial charge on any atom is 0.269 e. The zero-order chi connectivity index (χ0) is 28.2. The summed E-state index contributed by atoms with van der Waals surface area (Å²) in [6.07, 6.45) is 1.51. The standard InChI is InChI=1S/C28H27N5O5S/c1-20-9-7-8-12-27(20)32-21(2)17-23(22(32)3)18-29-30-28(34)19-31(24-13-15-25(16-14-24)33(35)36)39(37,38)26-10-5-4-6-11-26/h4-18H,19H2,1-3H3,(H,30,34)/b29-18-. The van der Waals surface area contributed by atoms with E-state index < -0.39 is 27.4 Å². The summed E-state index contributed by atoms with van der Waals surface area (Å²) in [5.74, 6) is -0.683. The molecule has 39 heavy (non-hydrogen) atoms. The Hall–Kier alpha value is -4.77.